The third-order valence-corrected chi connectivity index (χ3v) is 4.42. The van der Waals surface area contributed by atoms with Crippen LogP contribution in [0.1, 0.15) is 0 Å². The molecule has 0 spiro atoms. The Morgan fingerprint density at radius 2 is 1.58 bits per heavy atom. The zero-order chi connectivity index (χ0) is 18.1. The third-order valence-electron chi connectivity index (χ3n) is 4.42. The van der Waals surface area contributed by atoms with E-state index >= 15 is 0 Å². The maximum atomic E-state index is 5.21. The van der Waals surface area contributed by atoms with E-state index in [4.69, 9.17) is 9.84 Å². The minimum Gasteiger partial charge on any atom is -0.497 e. The number of methoxy groups -OCH3 is 1. The Hall–Kier alpha value is -3.34. The second-order valence-corrected chi connectivity index (χ2v) is 6.34. The fourth-order valence-electron chi connectivity index (χ4n) is 2.88. The SMILES string of the molecule is COc1ccc(-c2cnc3cc(-c4ccc(N(C)C)cc4)nn3c2)cc1. The number of aromatic nitrogens is 3. The van der Waals surface area contributed by atoms with Crippen LogP contribution in [0.15, 0.2) is 67.0 Å². The van der Waals surface area contributed by atoms with Crippen LogP contribution in [0.3, 0.4) is 0 Å². The summed E-state index contributed by atoms with van der Waals surface area (Å²) in [6, 6.07) is 18.3. The smallest absolute Gasteiger partial charge is 0.155 e. The highest BCUT2D eigenvalue weighted by molar-refractivity contribution is 5.68. The number of nitrogens with zero attached hydrogens (tertiary/aromatic N) is 4. The first-order valence-electron chi connectivity index (χ1n) is 8.42. The van der Waals surface area contributed by atoms with Crippen molar-refractivity contribution in [2.75, 3.05) is 26.1 Å². The van der Waals surface area contributed by atoms with Crippen LogP contribution in [-0.2, 0) is 0 Å². The van der Waals surface area contributed by atoms with Gasteiger partial charge >= 0.3 is 0 Å². The van der Waals surface area contributed by atoms with Gasteiger partial charge in [-0.05, 0) is 29.8 Å². The third kappa shape index (κ3) is 2.99. The second kappa shape index (κ2) is 6.52. The number of anilines is 1. The molecule has 4 aromatic rings. The molecular formula is C21H20N4O. The fraction of sp³-hybridized carbons (Fsp3) is 0.143. The molecule has 0 aliphatic carbocycles. The van der Waals surface area contributed by atoms with Crippen molar-refractivity contribution in [3.05, 3.63) is 67.0 Å². The van der Waals surface area contributed by atoms with E-state index < -0.39 is 0 Å². The Bertz CT molecular complexity index is 1030. The van der Waals surface area contributed by atoms with Gasteiger partial charge in [-0.3, -0.25) is 0 Å². The molecule has 0 atom stereocenters. The van der Waals surface area contributed by atoms with Crippen LogP contribution < -0.4 is 9.64 Å². The molecule has 0 unspecified atom stereocenters. The minimum absolute atomic E-state index is 0.828. The molecule has 0 saturated carbocycles. The number of ether oxygens (including phenoxy) is 1. The van der Waals surface area contributed by atoms with Crippen LogP contribution in [0, 0.1) is 0 Å². The molecular weight excluding hydrogens is 324 g/mol. The summed E-state index contributed by atoms with van der Waals surface area (Å²) in [5, 5.41) is 4.69. The second-order valence-electron chi connectivity index (χ2n) is 6.34. The van der Waals surface area contributed by atoms with Crippen molar-refractivity contribution in [1.82, 2.24) is 14.6 Å². The Kier molecular flexibility index (Phi) is 4.05. The van der Waals surface area contributed by atoms with E-state index in [1.54, 1.807) is 7.11 Å². The molecule has 2 aromatic carbocycles. The van der Waals surface area contributed by atoms with Gasteiger partial charge in [-0.25, -0.2) is 9.50 Å². The lowest BCUT2D eigenvalue weighted by atomic mass is 10.1. The standard InChI is InChI=1S/C21H20N4O/c1-24(2)18-8-4-16(5-9-18)20-12-21-22-13-17(14-25(21)23-20)15-6-10-19(26-3)11-7-15/h4-14H,1-3H3. The van der Waals surface area contributed by atoms with Gasteiger partial charge in [-0.15, -0.1) is 0 Å². The van der Waals surface area contributed by atoms with Gasteiger partial charge in [0.2, 0.25) is 0 Å². The van der Waals surface area contributed by atoms with Crippen LogP contribution in [0.5, 0.6) is 5.75 Å². The molecule has 0 radical (unpaired) electrons. The van der Waals surface area contributed by atoms with E-state index in [1.165, 1.54) is 0 Å². The number of rotatable bonds is 4. The Morgan fingerprint density at radius 1 is 0.885 bits per heavy atom. The van der Waals surface area contributed by atoms with Crippen molar-refractivity contribution in [3.63, 3.8) is 0 Å². The molecule has 2 aromatic heterocycles. The van der Waals surface area contributed by atoms with Crippen molar-refractivity contribution in [3.8, 4) is 28.1 Å². The molecule has 2 heterocycles. The Balaban J connectivity index is 1.68. The van der Waals surface area contributed by atoms with Gasteiger partial charge in [0.25, 0.3) is 0 Å². The largest absolute Gasteiger partial charge is 0.497 e. The van der Waals surface area contributed by atoms with Gasteiger partial charge in [-0.1, -0.05) is 24.3 Å². The minimum atomic E-state index is 0.828. The number of fused-ring (bicyclic) bond motifs is 1. The average molecular weight is 344 g/mol. The van der Waals surface area contributed by atoms with Gasteiger partial charge in [0.15, 0.2) is 5.65 Å². The van der Waals surface area contributed by atoms with Crippen LogP contribution >= 0.6 is 0 Å². The van der Waals surface area contributed by atoms with Crippen LogP contribution in [0.4, 0.5) is 5.69 Å². The number of benzene rings is 2. The molecule has 0 amide bonds. The first-order chi connectivity index (χ1) is 12.6. The molecule has 5 heteroatoms. The molecule has 4 rings (SSSR count). The summed E-state index contributed by atoms with van der Waals surface area (Å²) in [4.78, 5) is 6.63. The summed E-state index contributed by atoms with van der Waals surface area (Å²) >= 11 is 0. The monoisotopic (exact) mass is 344 g/mol. The lowest BCUT2D eigenvalue weighted by Crippen LogP contribution is -2.07. The van der Waals surface area contributed by atoms with Gasteiger partial charge in [0, 0.05) is 49.4 Å². The van der Waals surface area contributed by atoms with E-state index in [1.807, 2.05) is 61.3 Å². The van der Waals surface area contributed by atoms with Crippen LogP contribution in [0.2, 0.25) is 0 Å². The van der Waals surface area contributed by atoms with E-state index in [0.717, 1.165) is 39.5 Å². The van der Waals surface area contributed by atoms with Gasteiger partial charge in [0.1, 0.15) is 5.75 Å². The van der Waals surface area contributed by atoms with E-state index in [0.29, 0.717) is 0 Å². The van der Waals surface area contributed by atoms with Gasteiger partial charge in [0.05, 0.1) is 12.8 Å². The van der Waals surface area contributed by atoms with Gasteiger partial charge < -0.3 is 9.64 Å². The molecule has 5 nitrogen and oxygen atoms in total. The van der Waals surface area contributed by atoms with Crippen molar-refractivity contribution in [1.29, 1.82) is 0 Å². The molecule has 0 fully saturated rings. The molecule has 0 aliphatic heterocycles. The van der Waals surface area contributed by atoms with Gasteiger partial charge in [-0.2, -0.15) is 5.10 Å². The number of hydrogen-bond donors (Lipinski definition) is 0. The lowest BCUT2D eigenvalue weighted by Gasteiger charge is -2.11. The van der Waals surface area contributed by atoms with E-state index in [-0.39, 0.29) is 0 Å². The van der Waals surface area contributed by atoms with Crippen LogP contribution in [0.25, 0.3) is 28.0 Å². The topological polar surface area (TPSA) is 42.7 Å². The summed E-state index contributed by atoms with van der Waals surface area (Å²) < 4.78 is 7.04. The normalized spacial score (nSPS) is 10.9. The summed E-state index contributed by atoms with van der Waals surface area (Å²) in [6.07, 6.45) is 3.87. The number of hydrogen-bond acceptors (Lipinski definition) is 4. The molecule has 26 heavy (non-hydrogen) atoms. The first-order valence-corrected chi connectivity index (χ1v) is 8.42. The zero-order valence-electron chi connectivity index (χ0n) is 15.0. The van der Waals surface area contributed by atoms with Crippen molar-refractivity contribution >= 4 is 11.3 Å². The van der Waals surface area contributed by atoms with Crippen molar-refractivity contribution in [2.45, 2.75) is 0 Å². The first kappa shape index (κ1) is 16.1. The maximum Gasteiger partial charge on any atom is 0.155 e. The predicted octanol–water partition coefficient (Wildman–Crippen LogP) is 4.14. The van der Waals surface area contributed by atoms with E-state index in [2.05, 4.69) is 34.1 Å². The Morgan fingerprint density at radius 3 is 2.23 bits per heavy atom. The summed E-state index contributed by atoms with van der Waals surface area (Å²) in [5.74, 6) is 0.838. The van der Waals surface area contributed by atoms with Crippen LogP contribution in [-0.4, -0.2) is 35.8 Å². The zero-order valence-corrected chi connectivity index (χ0v) is 15.0. The maximum absolute atomic E-state index is 5.21. The molecule has 0 saturated heterocycles. The molecule has 130 valence electrons. The predicted molar refractivity (Wildman–Crippen MR) is 105 cm³/mol. The van der Waals surface area contributed by atoms with E-state index in [9.17, 15) is 0 Å². The van der Waals surface area contributed by atoms with Crippen molar-refractivity contribution < 1.29 is 4.74 Å². The summed E-state index contributed by atoms with van der Waals surface area (Å²) in [6.45, 7) is 0. The Labute approximate surface area is 152 Å². The molecule has 0 bridgehead atoms. The molecule has 0 aliphatic rings. The highest BCUT2D eigenvalue weighted by atomic mass is 16.5. The fourth-order valence-corrected chi connectivity index (χ4v) is 2.88. The summed E-state index contributed by atoms with van der Waals surface area (Å²) in [7, 11) is 5.73. The summed E-state index contributed by atoms with van der Waals surface area (Å²) in [5.41, 5.74) is 6.07. The average Bonchev–Trinajstić information content (AvgIpc) is 3.11. The van der Waals surface area contributed by atoms with Crippen molar-refractivity contribution in [2.24, 2.45) is 0 Å². The lowest BCUT2D eigenvalue weighted by molar-refractivity contribution is 0.415. The molecule has 0 N–H and O–H groups in total. The quantitative estimate of drug-likeness (QED) is 0.558. The highest BCUT2D eigenvalue weighted by Gasteiger charge is 2.08. The highest BCUT2D eigenvalue weighted by Crippen LogP contribution is 2.25.